The number of fused-ring (bicyclic) bond motifs is 2. The van der Waals surface area contributed by atoms with Crippen LogP contribution in [-0.4, -0.2) is 39.2 Å². The van der Waals surface area contributed by atoms with Gasteiger partial charge in [-0.25, -0.2) is 0 Å². The number of allylic oxidation sites excluding steroid dienone is 2. The zero-order chi connectivity index (χ0) is 21.3. The van der Waals surface area contributed by atoms with E-state index in [2.05, 4.69) is 13.5 Å². The van der Waals surface area contributed by atoms with Crippen molar-refractivity contribution in [1.29, 1.82) is 0 Å². The van der Waals surface area contributed by atoms with Crippen molar-refractivity contribution >= 4 is 11.8 Å². The van der Waals surface area contributed by atoms with Gasteiger partial charge in [-0.15, -0.1) is 6.58 Å². The van der Waals surface area contributed by atoms with Crippen LogP contribution in [0, 0.1) is 17.3 Å². The lowest BCUT2D eigenvalue weighted by Crippen LogP contribution is -2.44. The van der Waals surface area contributed by atoms with Gasteiger partial charge in [0.05, 0.1) is 27.2 Å². The van der Waals surface area contributed by atoms with Crippen molar-refractivity contribution in [2.24, 2.45) is 17.3 Å². The van der Waals surface area contributed by atoms with Crippen LogP contribution in [0.1, 0.15) is 31.7 Å². The van der Waals surface area contributed by atoms with E-state index in [4.69, 9.17) is 18.9 Å². The number of ketones is 1. The molecule has 1 aromatic carbocycles. The highest BCUT2D eigenvalue weighted by Gasteiger charge is 2.64. The topological polar surface area (TPSA) is 71.1 Å². The van der Waals surface area contributed by atoms with Gasteiger partial charge in [0.1, 0.15) is 6.10 Å². The Morgan fingerprint density at radius 2 is 1.83 bits per heavy atom. The summed E-state index contributed by atoms with van der Waals surface area (Å²) in [6, 6.07) is 5.67. The molecule has 0 aliphatic heterocycles. The van der Waals surface area contributed by atoms with E-state index in [1.54, 1.807) is 20.3 Å². The molecule has 2 aliphatic carbocycles. The molecule has 0 spiro atoms. The average molecular weight is 400 g/mol. The van der Waals surface area contributed by atoms with Gasteiger partial charge in [0.15, 0.2) is 17.3 Å². The van der Waals surface area contributed by atoms with E-state index < -0.39 is 23.4 Å². The minimum Gasteiger partial charge on any atom is -0.493 e. The Balaban J connectivity index is 2.19. The number of hydrogen-bond donors (Lipinski definition) is 0. The Labute approximate surface area is 171 Å². The minimum atomic E-state index is -0.586. The smallest absolute Gasteiger partial charge is 0.302 e. The number of ether oxygens (including phenoxy) is 4. The summed E-state index contributed by atoms with van der Waals surface area (Å²) < 4.78 is 22.0. The summed E-state index contributed by atoms with van der Waals surface area (Å²) in [5, 5.41) is 0. The number of carbonyl (C=O) groups excluding carboxylic acids is 2. The molecule has 2 aliphatic rings. The SMILES string of the molecule is C=CC[C@]12C=C(OC)C(=O)[C@H]([C@@H](c3ccc(OC)c(OC)c3)[C@@H]1C)[C@@H]2OC(C)=O. The summed E-state index contributed by atoms with van der Waals surface area (Å²) in [5.41, 5.74) is 0.358. The number of esters is 1. The standard InChI is InChI=1S/C23H28O6/c1-7-10-23-12-18(28-6)21(25)20(22(23)29-14(3)24)19(13(23)2)15-8-9-16(26-4)17(11-15)27-5/h7-9,11-13,19-20,22H,1,10H2,2-6H3/t13-,19+,20-,22-,23-/m0/s1. The quantitative estimate of drug-likeness (QED) is 0.514. The maximum atomic E-state index is 13.3. The average Bonchev–Trinajstić information content (AvgIpc) is 2.87. The van der Waals surface area contributed by atoms with Crippen LogP contribution in [0.5, 0.6) is 11.5 Å². The maximum Gasteiger partial charge on any atom is 0.302 e. The molecule has 1 fully saturated rings. The third-order valence-corrected chi connectivity index (χ3v) is 6.38. The molecule has 156 valence electrons. The normalized spacial score (nSPS) is 30.4. The highest BCUT2D eigenvalue weighted by atomic mass is 16.5. The first kappa shape index (κ1) is 21.0. The zero-order valence-electron chi connectivity index (χ0n) is 17.6. The molecule has 29 heavy (non-hydrogen) atoms. The Bertz CT molecular complexity index is 857. The minimum absolute atomic E-state index is 0.00967. The van der Waals surface area contributed by atoms with E-state index in [0.29, 0.717) is 23.7 Å². The molecule has 6 heteroatoms. The van der Waals surface area contributed by atoms with Crippen molar-refractivity contribution in [3.8, 4) is 11.5 Å². The molecular formula is C23H28O6. The number of carbonyl (C=O) groups is 2. The van der Waals surface area contributed by atoms with Crippen molar-refractivity contribution in [2.75, 3.05) is 21.3 Å². The highest BCUT2D eigenvalue weighted by molar-refractivity contribution is 5.99. The molecule has 0 unspecified atom stereocenters. The van der Waals surface area contributed by atoms with E-state index in [-0.39, 0.29) is 17.6 Å². The fraction of sp³-hybridized carbons (Fsp3) is 0.478. The van der Waals surface area contributed by atoms with E-state index >= 15 is 0 Å². The lowest BCUT2D eigenvalue weighted by atomic mass is 9.70. The molecular weight excluding hydrogens is 372 g/mol. The molecule has 0 saturated heterocycles. The van der Waals surface area contributed by atoms with E-state index in [9.17, 15) is 9.59 Å². The second-order valence-electron chi connectivity index (χ2n) is 7.67. The van der Waals surface area contributed by atoms with Crippen LogP contribution in [0.15, 0.2) is 42.7 Å². The van der Waals surface area contributed by atoms with Gasteiger partial charge in [0, 0.05) is 18.3 Å². The van der Waals surface area contributed by atoms with E-state index in [0.717, 1.165) is 5.56 Å². The van der Waals surface area contributed by atoms with Crippen molar-refractivity contribution in [2.45, 2.75) is 32.3 Å². The Kier molecular flexibility index (Phi) is 5.73. The summed E-state index contributed by atoms with van der Waals surface area (Å²) >= 11 is 0. The molecule has 5 atom stereocenters. The van der Waals surface area contributed by atoms with Crippen molar-refractivity contribution < 1.29 is 28.5 Å². The third-order valence-electron chi connectivity index (χ3n) is 6.38. The molecule has 1 aromatic rings. The third kappa shape index (κ3) is 3.20. The second-order valence-corrected chi connectivity index (χ2v) is 7.67. The predicted molar refractivity (Wildman–Crippen MR) is 108 cm³/mol. The number of Topliss-reactive ketones (excluding diaryl/α,β-unsaturated/α-hetero) is 1. The molecule has 0 amide bonds. The largest absolute Gasteiger partial charge is 0.493 e. The number of hydrogen-bond acceptors (Lipinski definition) is 6. The summed E-state index contributed by atoms with van der Waals surface area (Å²) in [6.45, 7) is 7.36. The van der Waals surface area contributed by atoms with Gasteiger partial charge in [-0.05, 0) is 36.1 Å². The second kappa shape index (κ2) is 7.93. The Hall–Kier alpha value is -2.76. The monoisotopic (exact) mass is 400 g/mol. The van der Waals surface area contributed by atoms with Gasteiger partial charge in [-0.3, -0.25) is 9.59 Å². The van der Waals surface area contributed by atoms with E-state index in [1.807, 2.05) is 24.3 Å². The Morgan fingerprint density at radius 3 is 2.38 bits per heavy atom. The van der Waals surface area contributed by atoms with Crippen LogP contribution < -0.4 is 9.47 Å². The first-order valence-electron chi connectivity index (χ1n) is 9.65. The van der Waals surface area contributed by atoms with Gasteiger partial charge >= 0.3 is 5.97 Å². The molecule has 2 bridgehead atoms. The number of rotatable bonds is 7. The summed E-state index contributed by atoms with van der Waals surface area (Å²) in [5.74, 6) is 0.220. The first-order valence-corrected chi connectivity index (χ1v) is 9.65. The molecule has 0 aromatic heterocycles. The van der Waals surface area contributed by atoms with Gasteiger partial charge in [0.2, 0.25) is 5.78 Å². The fourth-order valence-electron chi connectivity index (χ4n) is 5.11. The zero-order valence-corrected chi connectivity index (χ0v) is 17.6. The highest BCUT2D eigenvalue weighted by Crippen LogP contribution is 2.62. The Morgan fingerprint density at radius 1 is 1.14 bits per heavy atom. The molecule has 0 N–H and O–H groups in total. The van der Waals surface area contributed by atoms with Crippen molar-refractivity contribution in [3.05, 3.63) is 48.3 Å². The van der Waals surface area contributed by atoms with Crippen LogP contribution >= 0.6 is 0 Å². The lowest BCUT2D eigenvalue weighted by Gasteiger charge is -2.38. The lowest BCUT2D eigenvalue weighted by molar-refractivity contribution is -0.156. The molecule has 6 nitrogen and oxygen atoms in total. The van der Waals surface area contributed by atoms with Crippen LogP contribution in [0.3, 0.4) is 0 Å². The molecule has 0 radical (unpaired) electrons. The van der Waals surface area contributed by atoms with Crippen LogP contribution in [0.2, 0.25) is 0 Å². The van der Waals surface area contributed by atoms with Gasteiger partial charge < -0.3 is 18.9 Å². The van der Waals surface area contributed by atoms with E-state index in [1.165, 1.54) is 14.0 Å². The van der Waals surface area contributed by atoms with Crippen LogP contribution in [0.25, 0.3) is 0 Å². The first-order chi connectivity index (χ1) is 13.8. The predicted octanol–water partition coefficient (Wildman–Crippen LogP) is 3.66. The maximum absolute atomic E-state index is 13.3. The molecule has 1 saturated carbocycles. The summed E-state index contributed by atoms with van der Waals surface area (Å²) in [7, 11) is 4.65. The van der Waals surface area contributed by atoms with Gasteiger partial charge in [-0.2, -0.15) is 0 Å². The van der Waals surface area contributed by atoms with Crippen LogP contribution in [0.4, 0.5) is 0 Å². The van der Waals surface area contributed by atoms with Crippen molar-refractivity contribution in [1.82, 2.24) is 0 Å². The molecule has 0 heterocycles. The van der Waals surface area contributed by atoms with Gasteiger partial charge in [0.25, 0.3) is 0 Å². The molecule has 3 rings (SSSR count). The number of benzene rings is 1. The number of methoxy groups -OCH3 is 3. The fourth-order valence-corrected chi connectivity index (χ4v) is 5.11. The van der Waals surface area contributed by atoms with Crippen LogP contribution in [-0.2, 0) is 19.1 Å². The van der Waals surface area contributed by atoms with Gasteiger partial charge in [-0.1, -0.05) is 19.1 Å². The summed E-state index contributed by atoms with van der Waals surface area (Å²) in [4.78, 5) is 25.2. The summed E-state index contributed by atoms with van der Waals surface area (Å²) in [6.07, 6.45) is 3.62. The van der Waals surface area contributed by atoms with Crippen molar-refractivity contribution in [3.63, 3.8) is 0 Å².